The highest BCUT2D eigenvalue weighted by molar-refractivity contribution is 5.82. The zero-order valence-corrected chi connectivity index (χ0v) is 13.4. The molecule has 0 bridgehead atoms. The molecular weight excluding hydrogens is 290 g/mol. The molecule has 2 aromatic carbocycles. The maximum Gasteiger partial charge on any atom is 0.261 e. The normalized spacial score (nSPS) is 15.9. The zero-order valence-electron chi connectivity index (χ0n) is 13.4. The van der Waals surface area contributed by atoms with Crippen molar-refractivity contribution in [2.45, 2.75) is 39.0 Å². The lowest BCUT2D eigenvalue weighted by Gasteiger charge is -2.12. The summed E-state index contributed by atoms with van der Waals surface area (Å²) < 4.78 is 11.3. The Morgan fingerprint density at radius 3 is 2.65 bits per heavy atom. The van der Waals surface area contributed by atoms with Crippen LogP contribution in [0.1, 0.15) is 25.0 Å². The van der Waals surface area contributed by atoms with Crippen LogP contribution < -0.4 is 14.8 Å². The Labute approximate surface area is 136 Å². The summed E-state index contributed by atoms with van der Waals surface area (Å²) in [5.41, 5.74) is 2.12. The quantitative estimate of drug-likeness (QED) is 0.923. The van der Waals surface area contributed by atoms with Crippen LogP contribution in [-0.2, 0) is 17.8 Å². The number of amides is 1. The van der Waals surface area contributed by atoms with Crippen molar-refractivity contribution < 1.29 is 14.3 Å². The molecule has 4 nitrogen and oxygen atoms in total. The van der Waals surface area contributed by atoms with E-state index in [-0.39, 0.29) is 12.0 Å². The second kappa shape index (κ2) is 6.73. The molecule has 0 radical (unpaired) electrons. The van der Waals surface area contributed by atoms with E-state index in [1.807, 2.05) is 62.4 Å². The third-order valence-electron chi connectivity index (χ3n) is 3.70. The van der Waals surface area contributed by atoms with Gasteiger partial charge in [0.05, 0.1) is 6.10 Å². The Balaban J connectivity index is 1.52. The lowest BCUT2D eigenvalue weighted by Crippen LogP contribution is -2.36. The molecule has 0 aliphatic carbocycles. The molecule has 3 rings (SSSR count). The fourth-order valence-electron chi connectivity index (χ4n) is 2.59. The van der Waals surface area contributed by atoms with Gasteiger partial charge in [-0.2, -0.15) is 0 Å². The van der Waals surface area contributed by atoms with Gasteiger partial charge < -0.3 is 14.8 Å². The summed E-state index contributed by atoms with van der Waals surface area (Å²) >= 11 is 0. The first kappa shape index (κ1) is 15.4. The van der Waals surface area contributed by atoms with Crippen LogP contribution >= 0.6 is 0 Å². The molecule has 0 saturated heterocycles. The lowest BCUT2D eigenvalue weighted by atomic mass is 10.1. The Kier molecular flexibility index (Phi) is 4.51. The predicted molar refractivity (Wildman–Crippen MR) is 88.6 cm³/mol. The minimum Gasteiger partial charge on any atom is -0.491 e. The number of hydrogen-bond donors (Lipinski definition) is 1. The first-order valence-corrected chi connectivity index (χ1v) is 7.89. The Morgan fingerprint density at radius 1 is 1.22 bits per heavy atom. The van der Waals surface area contributed by atoms with Crippen molar-refractivity contribution in [1.29, 1.82) is 0 Å². The van der Waals surface area contributed by atoms with Crippen LogP contribution in [0.4, 0.5) is 0 Å². The van der Waals surface area contributed by atoms with Crippen molar-refractivity contribution in [2.75, 3.05) is 0 Å². The van der Waals surface area contributed by atoms with E-state index in [1.54, 1.807) is 0 Å². The third kappa shape index (κ3) is 3.83. The van der Waals surface area contributed by atoms with Gasteiger partial charge in [-0.15, -0.1) is 0 Å². The molecule has 1 N–H and O–H groups in total. The van der Waals surface area contributed by atoms with Crippen molar-refractivity contribution >= 4 is 5.91 Å². The van der Waals surface area contributed by atoms with Crippen LogP contribution in [0.3, 0.4) is 0 Å². The maximum absolute atomic E-state index is 12.2. The van der Waals surface area contributed by atoms with Crippen LogP contribution in [0.25, 0.3) is 0 Å². The molecule has 4 heteroatoms. The molecule has 1 aliphatic heterocycles. The molecule has 1 atom stereocenters. The number of rotatable bonds is 5. The average molecular weight is 311 g/mol. The van der Waals surface area contributed by atoms with E-state index in [0.717, 1.165) is 22.6 Å². The second-order valence-corrected chi connectivity index (χ2v) is 5.95. The van der Waals surface area contributed by atoms with Gasteiger partial charge >= 0.3 is 0 Å². The largest absolute Gasteiger partial charge is 0.491 e. The van der Waals surface area contributed by atoms with E-state index >= 15 is 0 Å². The van der Waals surface area contributed by atoms with Crippen LogP contribution in [0, 0.1) is 0 Å². The minimum absolute atomic E-state index is 0.0799. The molecule has 0 saturated carbocycles. The highest BCUT2D eigenvalue weighted by Gasteiger charge is 2.28. The first-order valence-electron chi connectivity index (χ1n) is 7.89. The standard InChI is InChI=1S/C19H21NO3/c1-13(2)22-16-9-7-14(8-10-16)12-20-19(21)18-11-15-5-3-4-6-17(15)23-18/h3-10,13,18H,11-12H2,1-2H3,(H,20,21). The van der Waals surface area contributed by atoms with Crippen molar-refractivity contribution in [3.63, 3.8) is 0 Å². The van der Waals surface area contributed by atoms with Gasteiger partial charge in [-0.25, -0.2) is 0 Å². The van der Waals surface area contributed by atoms with E-state index in [4.69, 9.17) is 9.47 Å². The number of nitrogens with one attached hydrogen (secondary N) is 1. The van der Waals surface area contributed by atoms with Crippen molar-refractivity contribution in [3.8, 4) is 11.5 Å². The van der Waals surface area contributed by atoms with Gasteiger partial charge in [0.25, 0.3) is 5.91 Å². The van der Waals surface area contributed by atoms with E-state index in [0.29, 0.717) is 13.0 Å². The molecule has 1 amide bonds. The molecule has 0 fully saturated rings. The molecular formula is C19H21NO3. The molecule has 0 aromatic heterocycles. The highest BCUT2D eigenvalue weighted by Crippen LogP contribution is 2.28. The first-order chi connectivity index (χ1) is 11.1. The van der Waals surface area contributed by atoms with Crippen molar-refractivity contribution in [1.82, 2.24) is 5.32 Å². The van der Waals surface area contributed by atoms with Gasteiger partial charge in [-0.3, -0.25) is 4.79 Å². The summed E-state index contributed by atoms with van der Waals surface area (Å²) in [6.07, 6.45) is 0.348. The molecule has 1 aliphatic rings. The maximum atomic E-state index is 12.2. The van der Waals surface area contributed by atoms with Crippen LogP contribution in [0.5, 0.6) is 11.5 Å². The van der Waals surface area contributed by atoms with E-state index in [1.165, 1.54) is 0 Å². The van der Waals surface area contributed by atoms with E-state index in [2.05, 4.69) is 5.32 Å². The number of carbonyl (C=O) groups is 1. The number of para-hydroxylation sites is 1. The van der Waals surface area contributed by atoms with Crippen LogP contribution in [0.2, 0.25) is 0 Å². The molecule has 1 unspecified atom stereocenters. The van der Waals surface area contributed by atoms with Crippen LogP contribution in [-0.4, -0.2) is 18.1 Å². The van der Waals surface area contributed by atoms with Gasteiger partial charge in [-0.1, -0.05) is 30.3 Å². The number of hydrogen-bond acceptors (Lipinski definition) is 3. The zero-order chi connectivity index (χ0) is 16.2. The van der Waals surface area contributed by atoms with Gasteiger partial charge in [0.2, 0.25) is 0 Å². The summed E-state index contributed by atoms with van der Waals surface area (Å²) in [6.45, 7) is 4.47. The number of ether oxygens (including phenoxy) is 2. The van der Waals surface area contributed by atoms with E-state index < -0.39 is 6.10 Å². The van der Waals surface area contributed by atoms with Crippen molar-refractivity contribution in [3.05, 3.63) is 59.7 Å². The second-order valence-electron chi connectivity index (χ2n) is 5.95. The third-order valence-corrected chi connectivity index (χ3v) is 3.70. The highest BCUT2D eigenvalue weighted by atomic mass is 16.5. The molecule has 120 valence electrons. The Bertz CT molecular complexity index is 654. The average Bonchev–Trinajstić information content (AvgIpc) is 2.97. The predicted octanol–water partition coefficient (Wildman–Crippen LogP) is 3.09. The molecule has 1 heterocycles. The lowest BCUT2D eigenvalue weighted by molar-refractivity contribution is -0.127. The summed E-state index contributed by atoms with van der Waals surface area (Å²) in [5, 5.41) is 2.93. The number of benzene rings is 2. The fraction of sp³-hybridized carbons (Fsp3) is 0.316. The number of fused-ring (bicyclic) bond motifs is 1. The summed E-state index contributed by atoms with van der Waals surface area (Å²) in [5.74, 6) is 1.57. The summed E-state index contributed by atoms with van der Waals surface area (Å²) in [4.78, 5) is 12.2. The SMILES string of the molecule is CC(C)Oc1ccc(CNC(=O)C2Cc3ccccc3O2)cc1. The van der Waals surface area contributed by atoms with Gasteiger partial charge in [0.15, 0.2) is 6.10 Å². The summed E-state index contributed by atoms with van der Waals surface area (Å²) in [6, 6.07) is 15.5. The van der Waals surface area contributed by atoms with Gasteiger partial charge in [0, 0.05) is 13.0 Å². The molecule has 23 heavy (non-hydrogen) atoms. The Hall–Kier alpha value is -2.49. The minimum atomic E-state index is -0.434. The topological polar surface area (TPSA) is 47.6 Å². The van der Waals surface area contributed by atoms with E-state index in [9.17, 15) is 4.79 Å². The van der Waals surface area contributed by atoms with Crippen LogP contribution in [0.15, 0.2) is 48.5 Å². The fourth-order valence-corrected chi connectivity index (χ4v) is 2.59. The summed E-state index contributed by atoms with van der Waals surface area (Å²) in [7, 11) is 0. The van der Waals surface area contributed by atoms with Gasteiger partial charge in [-0.05, 0) is 43.2 Å². The van der Waals surface area contributed by atoms with Crippen molar-refractivity contribution in [2.24, 2.45) is 0 Å². The Morgan fingerprint density at radius 2 is 1.96 bits per heavy atom. The monoisotopic (exact) mass is 311 g/mol. The number of carbonyl (C=O) groups excluding carboxylic acids is 1. The molecule has 2 aromatic rings. The smallest absolute Gasteiger partial charge is 0.261 e. The molecule has 0 spiro atoms. The van der Waals surface area contributed by atoms with Gasteiger partial charge in [0.1, 0.15) is 11.5 Å².